The summed E-state index contributed by atoms with van der Waals surface area (Å²) in [7, 11) is 0. The second-order valence-electron chi connectivity index (χ2n) is 3.56. The van der Waals surface area contributed by atoms with Gasteiger partial charge in [0.25, 0.3) is 0 Å². The summed E-state index contributed by atoms with van der Waals surface area (Å²) in [6, 6.07) is 13.7. The highest BCUT2D eigenvalue weighted by Crippen LogP contribution is 2.21. The smallest absolute Gasteiger partial charge is 0.0658 e. The molecule has 0 fully saturated rings. The van der Waals surface area contributed by atoms with Crippen molar-refractivity contribution in [1.29, 1.82) is 0 Å². The van der Waals surface area contributed by atoms with E-state index in [1.54, 1.807) is 6.20 Å². The summed E-state index contributed by atoms with van der Waals surface area (Å²) in [6.45, 7) is 2.03. The van der Waals surface area contributed by atoms with Gasteiger partial charge in [-0.1, -0.05) is 35.9 Å². The molecule has 0 aliphatic heterocycles. The van der Waals surface area contributed by atoms with Crippen LogP contribution in [-0.4, -0.2) is 4.98 Å². The van der Waals surface area contributed by atoms with Crippen LogP contribution in [0.5, 0.6) is 0 Å². The summed E-state index contributed by atoms with van der Waals surface area (Å²) < 4.78 is 0. The molecule has 1 aromatic heterocycles. The molecule has 88 valence electrons. The van der Waals surface area contributed by atoms with Crippen molar-refractivity contribution in [3.05, 3.63) is 64.9 Å². The van der Waals surface area contributed by atoms with Crippen molar-refractivity contribution in [2.45, 2.75) is 6.92 Å². The van der Waals surface area contributed by atoms with Crippen LogP contribution in [0.1, 0.15) is 18.2 Å². The van der Waals surface area contributed by atoms with Crippen molar-refractivity contribution in [3.8, 4) is 0 Å². The second kappa shape index (κ2) is 6.43. The Bertz CT molecular complexity index is 507. The molecule has 0 aliphatic carbocycles. The van der Waals surface area contributed by atoms with Gasteiger partial charge >= 0.3 is 0 Å². The number of allylic oxidation sites excluding steroid dienone is 1. The topological polar surface area (TPSA) is 12.9 Å². The number of halogens is 2. The molecule has 17 heavy (non-hydrogen) atoms. The molecule has 2 rings (SSSR count). The minimum atomic E-state index is 0. The fraction of sp³-hybridized carbons (Fsp3) is 0.0714. The van der Waals surface area contributed by atoms with Gasteiger partial charge in [0, 0.05) is 11.2 Å². The normalized spacial score (nSPS) is 10.8. The van der Waals surface area contributed by atoms with Gasteiger partial charge in [0.15, 0.2) is 0 Å². The highest BCUT2D eigenvalue weighted by Gasteiger charge is 1.99. The molecule has 0 atom stereocenters. The van der Waals surface area contributed by atoms with E-state index < -0.39 is 0 Å². The maximum Gasteiger partial charge on any atom is 0.0658 e. The van der Waals surface area contributed by atoms with Gasteiger partial charge < -0.3 is 0 Å². The third kappa shape index (κ3) is 3.58. The highest BCUT2D eigenvalue weighted by atomic mass is 35.5. The third-order valence-electron chi connectivity index (χ3n) is 2.35. The van der Waals surface area contributed by atoms with E-state index in [0.29, 0.717) is 0 Å². The average Bonchev–Trinajstić information content (AvgIpc) is 2.33. The lowest BCUT2D eigenvalue weighted by atomic mass is 10.1. The summed E-state index contributed by atoms with van der Waals surface area (Å²) in [5.41, 5.74) is 3.10. The molecule has 1 aromatic carbocycles. The standard InChI is InChI=1S/C14H12ClN.ClH/c1-11(14-8-4-5-9-16-14)10-12-6-2-3-7-13(12)15;/h2-10H,1H3;1H/b11-10+;. The first kappa shape index (κ1) is 13.8. The lowest BCUT2D eigenvalue weighted by Crippen LogP contribution is -1.84. The molecule has 0 spiro atoms. The minimum Gasteiger partial charge on any atom is -0.257 e. The maximum atomic E-state index is 6.09. The Hall–Kier alpha value is -1.31. The van der Waals surface area contributed by atoms with Crippen LogP contribution in [-0.2, 0) is 0 Å². The summed E-state index contributed by atoms with van der Waals surface area (Å²) in [5, 5.41) is 0.762. The van der Waals surface area contributed by atoms with E-state index >= 15 is 0 Å². The van der Waals surface area contributed by atoms with Crippen LogP contribution in [0.2, 0.25) is 5.02 Å². The number of nitrogens with zero attached hydrogens (tertiary/aromatic N) is 1. The number of hydrogen-bond donors (Lipinski definition) is 0. The van der Waals surface area contributed by atoms with Crippen LogP contribution in [0.25, 0.3) is 11.6 Å². The molecular weight excluding hydrogens is 253 g/mol. The molecule has 3 heteroatoms. The van der Waals surface area contributed by atoms with Crippen molar-refractivity contribution >= 4 is 35.7 Å². The van der Waals surface area contributed by atoms with Crippen LogP contribution in [0.15, 0.2) is 48.7 Å². The van der Waals surface area contributed by atoms with Gasteiger partial charge in [0.1, 0.15) is 0 Å². The van der Waals surface area contributed by atoms with E-state index in [1.165, 1.54) is 0 Å². The summed E-state index contributed by atoms with van der Waals surface area (Å²) in [5.74, 6) is 0. The molecule has 0 unspecified atom stereocenters. The molecule has 1 nitrogen and oxygen atoms in total. The Labute approximate surface area is 113 Å². The Morgan fingerprint density at radius 1 is 1.12 bits per heavy atom. The van der Waals surface area contributed by atoms with E-state index in [9.17, 15) is 0 Å². The summed E-state index contributed by atoms with van der Waals surface area (Å²) in [6.07, 6.45) is 3.84. The molecule has 0 saturated heterocycles. The summed E-state index contributed by atoms with van der Waals surface area (Å²) in [4.78, 5) is 4.29. The molecular formula is C14H13Cl2N. The van der Waals surface area contributed by atoms with Gasteiger partial charge in [-0.05, 0) is 42.3 Å². The number of rotatable bonds is 2. The number of hydrogen-bond acceptors (Lipinski definition) is 1. The van der Waals surface area contributed by atoms with Crippen LogP contribution in [0.3, 0.4) is 0 Å². The zero-order valence-electron chi connectivity index (χ0n) is 9.43. The zero-order chi connectivity index (χ0) is 11.4. The zero-order valence-corrected chi connectivity index (χ0v) is 11.0. The molecule has 0 bridgehead atoms. The molecule has 2 aromatic rings. The van der Waals surface area contributed by atoms with E-state index in [0.717, 1.165) is 21.9 Å². The van der Waals surface area contributed by atoms with Crippen LogP contribution in [0, 0.1) is 0 Å². The molecule has 0 amide bonds. The van der Waals surface area contributed by atoms with Crippen molar-refractivity contribution in [1.82, 2.24) is 4.98 Å². The van der Waals surface area contributed by atoms with Gasteiger partial charge in [-0.2, -0.15) is 0 Å². The fourth-order valence-electron chi connectivity index (χ4n) is 1.50. The third-order valence-corrected chi connectivity index (χ3v) is 2.69. The minimum absolute atomic E-state index is 0. The maximum absolute atomic E-state index is 6.09. The van der Waals surface area contributed by atoms with Gasteiger partial charge in [0.2, 0.25) is 0 Å². The lowest BCUT2D eigenvalue weighted by molar-refractivity contribution is 1.27. The van der Waals surface area contributed by atoms with Crippen LogP contribution in [0.4, 0.5) is 0 Å². The van der Waals surface area contributed by atoms with Crippen LogP contribution >= 0.6 is 24.0 Å². The number of benzene rings is 1. The predicted molar refractivity (Wildman–Crippen MR) is 76.5 cm³/mol. The van der Waals surface area contributed by atoms with E-state index in [-0.39, 0.29) is 12.4 Å². The van der Waals surface area contributed by atoms with Crippen molar-refractivity contribution in [2.75, 3.05) is 0 Å². The predicted octanol–water partition coefficient (Wildman–Crippen LogP) is 4.72. The van der Waals surface area contributed by atoms with Crippen LogP contribution < -0.4 is 0 Å². The van der Waals surface area contributed by atoms with Gasteiger partial charge in [-0.15, -0.1) is 12.4 Å². The first-order valence-corrected chi connectivity index (χ1v) is 5.49. The molecule has 0 N–H and O–H groups in total. The Balaban J connectivity index is 0.00000144. The monoisotopic (exact) mass is 265 g/mol. The van der Waals surface area contributed by atoms with E-state index in [1.807, 2.05) is 55.5 Å². The average molecular weight is 266 g/mol. The lowest BCUT2D eigenvalue weighted by Gasteiger charge is -2.02. The van der Waals surface area contributed by atoms with E-state index in [2.05, 4.69) is 4.98 Å². The number of pyridine rings is 1. The van der Waals surface area contributed by atoms with Crippen molar-refractivity contribution in [3.63, 3.8) is 0 Å². The highest BCUT2D eigenvalue weighted by molar-refractivity contribution is 6.32. The van der Waals surface area contributed by atoms with Crippen molar-refractivity contribution in [2.24, 2.45) is 0 Å². The largest absolute Gasteiger partial charge is 0.257 e. The summed E-state index contributed by atoms with van der Waals surface area (Å²) >= 11 is 6.09. The quantitative estimate of drug-likeness (QED) is 0.766. The van der Waals surface area contributed by atoms with Gasteiger partial charge in [0.05, 0.1) is 5.69 Å². The molecule has 0 saturated carbocycles. The fourth-order valence-corrected chi connectivity index (χ4v) is 1.69. The number of aromatic nitrogens is 1. The van der Waals surface area contributed by atoms with E-state index in [4.69, 9.17) is 11.6 Å². The molecule has 1 heterocycles. The Morgan fingerprint density at radius 3 is 2.47 bits per heavy atom. The first-order valence-electron chi connectivity index (χ1n) is 5.11. The molecule has 0 aliphatic rings. The van der Waals surface area contributed by atoms with Gasteiger partial charge in [-0.3, -0.25) is 4.98 Å². The molecule has 0 radical (unpaired) electrons. The Morgan fingerprint density at radius 2 is 1.82 bits per heavy atom. The second-order valence-corrected chi connectivity index (χ2v) is 3.97. The Kier molecular flexibility index (Phi) is 5.20. The van der Waals surface area contributed by atoms with Gasteiger partial charge in [-0.25, -0.2) is 0 Å². The first-order chi connectivity index (χ1) is 7.77. The SMILES string of the molecule is C/C(=C\c1ccccc1Cl)c1ccccn1.Cl. The van der Waals surface area contributed by atoms with Crippen molar-refractivity contribution < 1.29 is 0 Å².